The fourth-order valence-electron chi connectivity index (χ4n) is 3.13. The van der Waals surface area contributed by atoms with Crippen molar-refractivity contribution in [1.82, 2.24) is 15.0 Å². The molecule has 0 bridgehead atoms. The van der Waals surface area contributed by atoms with Crippen LogP contribution in [0.15, 0.2) is 4.52 Å². The fourth-order valence-corrected chi connectivity index (χ4v) is 3.13. The highest BCUT2D eigenvalue weighted by Crippen LogP contribution is 2.36. The topological polar surface area (TPSA) is 68.5 Å². The zero-order chi connectivity index (χ0) is 16.2. The molecule has 1 aliphatic rings. The molecule has 1 aromatic heterocycles. The van der Waals surface area contributed by atoms with Crippen molar-refractivity contribution in [3.8, 4) is 0 Å². The van der Waals surface area contributed by atoms with E-state index in [4.69, 9.17) is 9.26 Å². The number of carbonyl (C=O) groups excluding carboxylic acids is 1. The van der Waals surface area contributed by atoms with Crippen molar-refractivity contribution in [3.05, 3.63) is 11.7 Å². The number of likely N-dealkylation sites (tertiary alicyclic amines) is 1. The Morgan fingerprint density at radius 2 is 2.27 bits per heavy atom. The van der Waals surface area contributed by atoms with Crippen molar-refractivity contribution in [2.75, 3.05) is 26.8 Å². The van der Waals surface area contributed by atoms with Gasteiger partial charge in [-0.05, 0) is 25.2 Å². The molecule has 2 rings (SSSR count). The number of nitrogens with zero attached hydrogens (tertiary/aromatic N) is 3. The Kier molecular flexibility index (Phi) is 5.56. The third-order valence-corrected chi connectivity index (χ3v) is 4.30. The summed E-state index contributed by atoms with van der Waals surface area (Å²) in [5, 5.41) is 4.14. The van der Waals surface area contributed by atoms with Gasteiger partial charge in [0, 0.05) is 40.2 Å². The summed E-state index contributed by atoms with van der Waals surface area (Å²) in [5.41, 5.74) is -0.251. The first-order chi connectivity index (χ1) is 10.5. The van der Waals surface area contributed by atoms with E-state index in [1.807, 2.05) is 4.90 Å². The monoisotopic (exact) mass is 309 g/mol. The van der Waals surface area contributed by atoms with Crippen LogP contribution in [0.3, 0.4) is 0 Å². The van der Waals surface area contributed by atoms with E-state index >= 15 is 0 Å². The van der Waals surface area contributed by atoms with Gasteiger partial charge in [-0.15, -0.1) is 0 Å². The first kappa shape index (κ1) is 16.9. The van der Waals surface area contributed by atoms with Crippen LogP contribution in [-0.2, 0) is 14.9 Å². The molecule has 1 atom stereocenters. The Bertz CT molecular complexity index is 501. The zero-order valence-electron chi connectivity index (χ0n) is 14.1. The highest BCUT2D eigenvalue weighted by Gasteiger charge is 2.42. The minimum Gasteiger partial charge on any atom is -0.385 e. The molecule has 0 spiro atoms. The number of carbonyl (C=O) groups is 1. The normalized spacial score (nSPS) is 22.3. The van der Waals surface area contributed by atoms with Crippen LogP contribution >= 0.6 is 0 Å². The number of hydrogen-bond acceptors (Lipinski definition) is 5. The van der Waals surface area contributed by atoms with Gasteiger partial charge in [0.15, 0.2) is 5.82 Å². The van der Waals surface area contributed by atoms with Crippen molar-refractivity contribution < 1.29 is 14.1 Å². The summed E-state index contributed by atoms with van der Waals surface area (Å²) >= 11 is 0. The summed E-state index contributed by atoms with van der Waals surface area (Å²) in [6.07, 6.45) is 3.31. The van der Waals surface area contributed by atoms with E-state index in [9.17, 15) is 4.79 Å². The van der Waals surface area contributed by atoms with E-state index in [1.54, 1.807) is 14.0 Å². The maximum atomic E-state index is 12.4. The summed E-state index contributed by atoms with van der Waals surface area (Å²) in [7, 11) is 1.69. The Labute approximate surface area is 132 Å². The van der Waals surface area contributed by atoms with Crippen LogP contribution in [0.1, 0.15) is 51.2 Å². The van der Waals surface area contributed by atoms with Crippen LogP contribution in [-0.4, -0.2) is 47.8 Å². The van der Waals surface area contributed by atoms with Crippen molar-refractivity contribution in [1.29, 1.82) is 0 Å². The quantitative estimate of drug-likeness (QED) is 0.806. The van der Waals surface area contributed by atoms with Crippen molar-refractivity contribution in [2.24, 2.45) is 5.92 Å². The second-order valence-corrected chi connectivity index (χ2v) is 6.68. The van der Waals surface area contributed by atoms with Crippen LogP contribution in [0.5, 0.6) is 0 Å². The predicted molar refractivity (Wildman–Crippen MR) is 82.5 cm³/mol. The highest BCUT2D eigenvalue weighted by atomic mass is 16.5. The van der Waals surface area contributed by atoms with Crippen LogP contribution in [0, 0.1) is 12.8 Å². The lowest BCUT2D eigenvalue weighted by Crippen LogP contribution is -2.49. The number of piperidine rings is 1. The van der Waals surface area contributed by atoms with Crippen LogP contribution in [0.2, 0.25) is 0 Å². The van der Waals surface area contributed by atoms with Crippen molar-refractivity contribution >= 4 is 5.91 Å². The Balaban J connectivity index is 2.19. The molecule has 124 valence electrons. The molecule has 2 heterocycles. The first-order valence-electron chi connectivity index (χ1n) is 8.04. The van der Waals surface area contributed by atoms with E-state index in [0.29, 0.717) is 37.2 Å². The standard InChI is InChI=1S/C16H27N3O3/c1-12(2)10-14(20)19-8-5-6-16(11-19,7-9-21-4)15-17-13(3)22-18-15/h12H,5-11H2,1-4H3. The molecule has 1 saturated heterocycles. The van der Waals surface area contributed by atoms with Gasteiger partial charge >= 0.3 is 0 Å². The van der Waals surface area contributed by atoms with Gasteiger partial charge in [-0.25, -0.2) is 0 Å². The van der Waals surface area contributed by atoms with E-state index in [0.717, 1.165) is 25.8 Å². The number of rotatable bonds is 6. The zero-order valence-corrected chi connectivity index (χ0v) is 14.1. The highest BCUT2D eigenvalue weighted by molar-refractivity contribution is 5.76. The Morgan fingerprint density at radius 1 is 1.50 bits per heavy atom. The molecule has 1 aliphatic heterocycles. The number of aromatic nitrogens is 2. The molecule has 6 heteroatoms. The maximum Gasteiger partial charge on any atom is 0.223 e. The Morgan fingerprint density at radius 3 is 2.86 bits per heavy atom. The molecule has 22 heavy (non-hydrogen) atoms. The maximum absolute atomic E-state index is 12.4. The second-order valence-electron chi connectivity index (χ2n) is 6.68. The predicted octanol–water partition coefficient (Wildman–Crippen LogP) is 2.32. The smallest absolute Gasteiger partial charge is 0.223 e. The van der Waals surface area contributed by atoms with E-state index in [1.165, 1.54) is 0 Å². The van der Waals surface area contributed by atoms with Gasteiger partial charge in [0.1, 0.15) is 0 Å². The molecule has 1 fully saturated rings. The first-order valence-corrected chi connectivity index (χ1v) is 8.04. The number of hydrogen-bond donors (Lipinski definition) is 0. The molecule has 1 unspecified atom stereocenters. The fraction of sp³-hybridized carbons (Fsp3) is 0.812. The van der Waals surface area contributed by atoms with Gasteiger partial charge in [0.05, 0.1) is 5.41 Å². The molecule has 0 radical (unpaired) electrons. The average Bonchev–Trinajstić information content (AvgIpc) is 2.92. The molecule has 1 aromatic rings. The van der Waals surface area contributed by atoms with Gasteiger partial charge < -0.3 is 14.2 Å². The minimum atomic E-state index is -0.251. The SMILES string of the molecule is COCCC1(c2noc(C)n2)CCCN(C(=O)CC(C)C)C1. The van der Waals surface area contributed by atoms with Gasteiger partial charge in [0.2, 0.25) is 11.8 Å². The summed E-state index contributed by atoms with van der Waals surface area (Å²) in [6.45, 7) is 8.04. The number of aryl methyl sites for hydroxylation is 1. The van der Waals surface area contributed by atoms with E-state index < -0.39 is 0 Å². The van der Waals surface area contributed by atoms with Gasteiger partial charge in [-0.3, -0.25) is 4.79 Å². The molecule has 0 aliphatic carbocycles. The summed E-state index contributed by atoms with van der Waals surface area (Å²) in [6, 6.07) is 0. The minimum absolute atomic E-state index is 0.219. The van der Waals surface area contributed by atoms with Crippen molar-refractivity contribution in [2.45, 2.75) is 51.9 Å². The molecule has 6 nitrogen and oxygen atoms in total. The lowest BCUT2D eigenvalue weighted by atomic mass is 9.76. The van der Waals surface area contributed by atoms with Crippen molar-refractivity contribution in [3.63, 3.8) is 0 Å². The largest absolute Gasteiger partial charge is 0.385 e. The molecular formula is C16H27N3O3. The number of ether oxygens (including phenoxy) is 1. The molecule has 0 aromatic carbocycles. The van der Waals surface area contributed by atoms with Crippen LogP contribution in [0.4, 0.5) is 0 Å². The lowest BCUT2D eigenvalue weighted by molar-refractivity contribution is -0.134. The molecule has 0 N–H and O–H groups in total. The molecule has 1 amide bonds. The average molecular weight is 309 g/mol. The van der Waals surface area contributed by atoms with Gasteiger partial charge in [-0.2, -0.15) is 4.98 Å². The van der Waals surface area contributed by atoms with Crippen LogP contribution < -0.4 is 0 Å². The van der Waals surface area contributed by atoms with Gasteiger partial charge in [0.25, 0.3) is 0 Å². The summed E-state index contributed by atoms with van der Waals surface area (Å²) in [5.74, 6) is 1.87. The third-order valence-electron chi connectivity index (χ3n) is 4.30. The second kappa shape index (κ2) is 7.22. The molecule has 0 saturated carbocycles. The van der Waals surface area contributed by atoms with E-state index in [2.05, 4.69) is 24.0 Å². The lowest BCUT2D eigenvalue weighted by Gasteiger charge is -2.41. The summed E-state index contributed by atoms with van der Waals surface area (Å²) < 4.78 is 10.4. The number of methoxy groups -OCH3 is 1. The van der Waals surface area contributed by atoms with Gasteiger partial charge in [-0.1, -0.05) is 19.0 Å². The summed E-state index contributed by atoms with van der Waals surface area (Å²) in [4.78, 5) is 18.8. The Hall–Kier alpha value is -1.43. The third kappa shape index (κ3) is 3.85. The van der Waals surface area contributed by atoms with Crippen LogP contribution in [0.25, 0.3) is 0 Å². The molecular weight excluding hydrogens is 282 g/mol. The van der Waals surface area contributed by atoms with E-state index in [-0.39, 0.29) is 11.3 Å². The number of amides is 1.